The van der Waals surface area contributed by atoms with Crippen molar-refractivity contribution in [1.29, 1.82) is 0 Å². The summed E-state index contributed by atoms with van der Waals surface area (Å²) < 4.78 is 5.95. The van der Waals surface area contributed by atoms with Gasteiger partial charge in [-0.3, -0.25) is 4.98 Å². The van der Waals surface area contributed by atoms with Gasteiger partial charge in [-0.25, -0.2) is 0 Å². The third-order valence-electron chi connectivity index (χ3n) is 2.78. The Hall–Kier alpha value is -2.09. The molecule has 2 nitrogen and oxygen atoms in total. The minimum Gasteiger partial charge on any atom is -0.455 e. The van der Waals surface area contributed by atoms with Gasteiger partial charge in [0.25, 0.3) is 0 Å². The summed E-state index contributed by atoms with van der Waals surface area (Å²) in [7, 11) is 0. The fourth-order valence-electron chi connectivity index (χ4n) is 1.76. The van der Waals surface area contributed by atoms with Crippen LogP contribution in [-0.2, 0) is 0 Å². The average molecular weight is 253 g/mol. The molecule has 2 rings (SSSR count). The van der Waals surface area contributed by atoms with Crippen molar-refractivity contribution < 1.29 is 4.74 Å². The lowest BCUT2D eigenvalue weighted by atomic mass is 10.2. The summed E-state index contributed by atoms with van der Waals surface area (Å²) in [6, 6.07) is 15.7. The topological polar surface area (TPSA) is 22.1 Å². The summed E-state index contributed by atoms with van der Waals surface area (Å²) >= 11 is 0. The largest absolute Gasteiger partial charge is 0.455 e. The average Bonchev–Trinajstić information content (AvgIpc) is 2.48. The highest BCUT2D eigenvalue weighted by Gasteiger charge is 2.04. The van der Waals surface area contributed by atoms with Crippen molar-refractivity contribution in [2.75, 3.05) is 0 Å². The second kappa shape index (κ2) is 7.37. The van der Waals surface area contributed by atoms with Crippen LogP contribution in [0.5, 0.6) is 5.75 Å². The first-order valence-electron chi connectivity index (χ1n) is 6.74. The number of allylic oxidation sites excluding steroid dienone is 1. The van der Waals surface area contributed by atoms with E-state index in [2.05, 4.69) is 18.0 Å². The lowest BCUT2D eigenvalue weighted by Crippen LogP contribution is -1.97. The van der Waals surface area contributed by atoms with E-state index in [-0.39, 0.29) is 0 Å². The van der Waals surface area contributed by atoms with Crippen LogP contribution in [0, 0.1) is 0 Å². The fourth-order valence-corrected chi connectivity index (χ4v) is 1.76. The van der Waals surface area contributed by atoms with Crippen molar-refractivity contribution in [3.8, 4) is 5.75 Å². The second-order valence-corrected chi connectivity index (χ2v) is 4.34. The quantitative estimate of drug-likeness (QED) is 0.550. The molecule has 2 heteroatoms. The molecule has 1 aromatic heterocycles. The highest BCUT2D eigenvalue weighted by Crippen LogP contribution is 2.20. The van der Waals surface area contributed by atoms with Crippen LogP contribution in [0.15, 0.2) is 60.8 Å². The minimum atomic E-state index is 0.834. The van der Waals surface area contributed by atoms with Gasteiger partial charge in [0.15, 0.2) is 0 Å². The molecule has 0 aliphatic rings. The molecule has 0 unspecified atom stereocenters. The van der Waals surface area contributed by atoms with Crippen LogP contribution in [0.2, 0.25) is 0 Å². The van der Waals surface area contributed by atoms with Gasteiger partial charge in [0.05, 0.1) is 0 Å². The van der Waals surface area contributed by atoms with E-state index in [9.17, 15) is 0 Å². The smallest absolute Gasteiger partial charge is 0.149 e. The molecule has 0 aliphatic heterocycles. The van der Waals surface area contributed by atoms with E-state index in [1.165, 1.54) is 6.42 Å². The maximum atomic E-state index is 5.95. The van der Waals surface area contributed by atoms with Crippen molar-refractivity contribution in [2.45, 2.75) is 26.2 Å². The Morgan fingerprint density at radius 1 is 1.11 bits per heavy atom. The second-order valence-electron chi connectivity index (χ2n) is 4.34. The summed E-state index contributed by atoms with van der Waals surface area (Å²) in [5.74, 6) is 1.68. The molecule has 0 radical (unpaired) electrons. The molecule has 0 aliphatic carbocycles. The Labute approximate surface area is 114 Å². The molecule has 0 saturated carbocycles. The van der Waals surface area contributed by atoms with Gasteiger partial charge in [0.1, 0.15) is 17.2 Å². The third kappa shape index (κ3) is 4.25. The first-order valence-corrected chi connectivity index (χ1v) is 6.74. The molecule has 0 bridgehead atoms. The van der Waals surface area contributed by atoms with E-state index in [4.69, 9.17) is 4.74 Å². The van der Waals surface area contributed by atoms with Gasteiger partial charge in [-0.1, -0.05) is 37.6 Å². The number of aromatic nitrogens is 1. The van der Waals surface area contributed by atoms with Gasteiger partial charge in [-0.2, -0.15) is 0 Å². The summed E-state index contributed by atoms with van der Waals surface area (Å²) in [4.78, 5) is 4.36. The first kappa shape index (κ1) is 13.3. The number of benzene rings is 1. The zero-order chi connectivity index (χ0) is 13.3. The van der Waals surface area contributed by atoms with Gasteiger partial charge in [-0.15, -0.1) is 0 Å². The van der Waals surface area contributed by atoms with Gasteiger partial charge in [0, 0.05) is 6.20 Å². The summed E-state index contributed by atoms with van der Waals surface area (Å²) in [6.45, 7) is 2.19. The van der Waals surface area contributed by atoms with E-state index in [0.29, 0.717) is 0 Å². The van der Waals surface area contributed by atoms with Gasteiger partial charge in [-0.05, 0) is 43.2 Å². The molecule has 98 valence electrons. The lowest BCUT2D eigenvalue weighted by Gasteiger charge is -2.09. The van der Waals surface area contributed by atoms with Crippen molar-refractivity contribution in [2.24, 2.45) is 0 Å². The standard InChI is InChI=1S/C17H19NO/c1-2-3-5-13-17(16-12-8-9-14-18-16)19-15-10-6-4-7-11-15/h4,6-14H,2-3,5H2,1H3/b17-13-. The van der Waals surface area contributed by atoms with Crippen LogP contribution >= 0.6 is 0 Å². The SMILES string of the molecule is CCCC/C=C(\Oc1ccccc1)c1ccccn1. The van der Waals surface area contributed by atoms with Gasteiger partial charge >= 0.3 is 0 Å². The highest BCUT2D eigenvalue weighted by molar-refractivity contribution is 5.58. The number of para-hydroxylation sites is 1. The number of ether oxygens (including phenoxy) is 1. The molecule has 0 atom stereocenters. The van der Waals surface area contributed by atoms with Gasteiger partial charge in [0.2, 0.25) is 0 Å². The molecule has 1 aromatic carbocycles. The Bertz CT molecular complexity index is 505. The maximum Gasteiger partial charge on any atom is 0.149 e. The molecule has 2 aromatic rings. The number of unbranched alkanes of at least 4 members (excludes halogenated alkanes) is 2. The molecule has 0 amide bonds. The summed E-state index contributed by atoms with van der Waals surface area (Å²) in [5.41, 5.74) is 0.877. The molecule has 0 spiro atoms. The van der Waals surface area contributed by atoms with Crippen LogP contribution < -0.4 is 4.74 Å². The molecule has 0 N–H and O–H groups in total. The van der Waals surface area contributed by atoms with E-state index in [1.54, 1.807) is 6.20 Å². The number of hydrogen-bond acceptors (Lipinski definition) is 2. The normalized spacial score (nSPS) is 11.3. The summed E-state index contributed by atoms with van der Waals surface area (Å²) in [5, 5.41) is 0. The van der Waals surface area contributed by atoms with E-state index >= 15 is 0 Å². The predicted molar refractivity (Wildman–Crippen MR) is 78.8 cm³/mol. The Kier molecular flexibility index (Phi) is 5.17. The maximum absolute atomic E-state index is 5.95. The van der Waals surface area contributed by atoms with Crippen molar-refractivity contribution >= 4 is 5.76 Å². The summed E-state index contributed by atoms with van der Waals surface area (Å²) in [6.07, 6.45) is 7.26. The minimum absolute atomic E-state index is 0.834. The van der Waals surface area contributed by atoms with E-state index < -0.39 is 0 Å². The van der Waals surface area contributed by atoms with Crippen LogP contribution in [0.3, 0.4) is 0 Å². The molecule has 0 fully saturated rings. The highest BCUT2D eigenvalue weighted by atomic mass is 16.5. The van der Waals surface area contributed by atoms with Crippen molar-refractivity contribution in [3.63, 3.8) is 0 Å². The first-order chi connectivity index (χ1) is 9.40. The van der Waals surface area contributed by atoms with Gasteiger partial charge < -0.3 is 4.74 Å². The van der Waals surface area contributed by atoms with Crippen LogP contribution in [-0.4, -0.2) is 4.98 Å². The molecular weight excluding hydrogens is 234 g/mol. The number of hydrogen-bond donors (Lipinski definition) is 0. The Balaban J connectivity index is 2.17. The van der Waals surface area contributed by atoms with Crippen molar-refractivity contribution in [3.05, 3.63) is 66.5 Å². The van der Waals surface area contributed by atoms with E-state index in [1.807, 2.05) is 48.5 Å². The monoisotopic (exact) mass is 253 g/mol. The molecule has 19 heavy (non-hydrogen) atoms. The lowest BCUT2D eigenvalue weighted by molar-refractivity contribution is 0.509. The third-order valence-corrected chi connectivity index (χ3v) is 2.78. The molecule has 0 saturated heterocycles. The molecule has 1 heterocycles. The van der Waals surface area contributed by atoms with Crippen LogP contribution in [0.1, 0.15) is 31.9 Å². The predicted octanol–water partition coefficient (Wildman–Crippen LogP) is 4.69. The van der Waals surface area contributed by atoms with Crippen LogP contribution in [0.25, 0.3) is 5.76 Å². The fraction of sp³-hybridized carbons (Fsp3) is 0.235. The van der Waals surface area contributed by atoms with E-state index in [0.717, 1.165) is 30.0 Å². The zero-order valence-corrected chi connectivity index (χ0v) is 11.3. The zero-order valence-electron chi connectivity index (χ0n) is 11.3. The number of rotatable bonds is 6. The van der Waals surface area contributed by atoms with Crippen molar-refractivity contribution in [1.82, 2.24) is 4.98 Å². The Morgan fingerprint density at radius 2 is 1.89 bits per heavy atom. The number of pyridine rings is 1. The van der Waals surface area contributed by atoms with Crippen LogP contribution in [0.4, 0.5) is 0 Å². The number of nitrogens with zero attached hydrogens (tertiary/aromatic N) is 1. The molecular formula is C17H19NO. The Morgan fingerprint density at radius 3 is 2.58 bits per heavy atom.